The van der Waals surface area contributed by atoms with Gasteiger partial charge < -0.3 is 16.2 Å². The van der Waals surface area contributed by atoms with Gasteiger partial charge in [0.25, 0.3) is 0 Å². The minimum absolute atomic E-state index is 0.164. The van der Waals surface area contributed by atoms with Crippen LogP contribution in [0.5, 0.6) is 0 Å². The molecule has 2 rings (SSSR count). The summed E-state index contributed by atoms with van der Waals surface area (Å²) in [5, 5.41) is 13.3. The Bertz CT molecular complexity index is 246. The van der Waals surface area contributed by atoms with Crippen LogP contribution in [0.3, 0.4) is 0 Å². The van der Waals surface area contributed by atoms with Crippen molar-refractivity contribution >= 4 is 0 Å². The zero-order chi connectivity index (χ0) is 12.3. The van der Waals surface area contributed by atoms with Crippen molar-refractivity contribution in [2.75, 3.05) is 13.2 Å². The van der Waals surface area contributed by atoms with E-state index >= 15 is 0 Å². The highest BCUT2D eigenvalue weighted by atomic mass is 16.3. The second-order valence-corrected chi connectivity index (χ2v) is 5.98. The van der Waals surface area contributed by atoms with Gasteiger partial charge in [0.05, 0.1) is 0 Å². The van der Waals surface area contributed by atoms with Crippen LogP contribution in [0, 0.1) is 11.8 Å². The summed E-state index contributed by atoms with van der Waals surface area (Å²) in [6, 6.07) is 0.496. The van der Waals surface area contributed by atoms with E-state index in [-0.39, 0.29) is 5.54 Å². The van der Waals surface area contributed by atoms with Gasteiger partial charge in [-0.15, -0.1) is 0 Å². The Hall–Kier alpha value is -0.120. The van der Waals surface area contributed by atoms with Crippen LogP contribution >= 0.6 is 0 Å². The van der Waals surface area contributed by atoms with Crippen molar-refractivity contribution in [3.8, 4) is 0 Å². The van der Waals surface area contributed by atoms with Crippen molar-refractivity contribution in [3.63, 3.8) is 0 Å². The molecule has 0 radical (unpaired) electrons. The topological polar surface area (TPSA) is 58.3 Å². The van der Waals surface area contributed by atoms with Crippen molar-refractivity contribution in [1.82, 2.24) is 5.32 Å². The Morgan fingerprint density at radius 2 is 2.12 bits per heavy atom. The molecule has 2 aliphatic carbocycles. The fourth-order valence-corrected chi connectivity index (χ4v) is 4.07. The highest BCUT2D eigenvalue weighted by Crippen LogP contribution is 2.39. The molecule has 3 nitrogen and oxygen atoms in total. The number of aliphatic hydroxyl groups excluding tert-OH is 1. The first kappa shape index (κ1) is 13.3. The van der Waals surface area contributed by atoms with E-state index in [4.69, 9.17) is 5.73 Å². The minimum atomic E-state index is 0.164. The van der Waals surface area contributed by atoms with Gasteiger partial charge in [-0.05, 0) is 37.5 Å². The van der Waals surface area contributed by atoms with Crippen molar-refractivity contribution in [1.29, 1.82) is 0 Å². The Balaban J connectivity index is 2.03. The van der Waals surface area contributed by atoms with Gasteiger partial charge in [0.15, 0.2) is 0 Å². The molecule has 0 aromatic rings. The summed E-state index contributed by atoms with van der Waals surface area (Å²) in [4.78, 5) is 0. The molecule has 4 atom stereocenters. The summed E-state index contributed by atoms with van der Waals surface area (Å²) in [5.74, 6) is 1.18. The van der Waals surface area contributed by atoms with E-state index in [0.29, 0.717) is 18.6 Å². The maximum Gasteiger partial charge on any atom is 0.0474 e. The number of aliphatic hydroxyl groups is 1. The predicted octanol–water partition coefficient (Wildman–Crippen LogP) is 1.64. The number of hydrogen-bond acceptors (Lipinski definition) is 3. The third-order valence-electron chi connectivity index (χ3n) is 5.18. The molecule has 3 heteroatoms. The van der Waals surface area contributed by atoms with Crippen LogP contribution in [-0.4, -0.2) is 29.8 Å². The molecule has 2 saturated carbocycles. The first-order valence-electron chi connectivity index (χ1n) is 7.34. The van der Waals surface area contributed by atoms with Gasteiger partial charge in [-0.3, -0.25) is 0 Å². The summed E-state index contributed by atoms with van der Waals surface area (Å²) in [6.07, 6.45) is 8.70. The van der Waals surface area contributed by atoms with Crippen LogP contribution < -0.4 is 11.1 Å². The molecule has 0 aromatic carbocycles. The molecule has 0 bridgehead atoms. The first-order chi connectivity index (χ1) is 8.25. The standard InChI is InChI=1S/C14H28N2O/c1-2-12-6-4-8-14(12,10-15)16-13-7-3-5-11(13)9-17/h11-13,16-17H,2-10,15H2,1H3. The van der Waals surface area contributed by atoms with E-state index in [2.05, 4.69) is 12.2 Å². The zero-order valence-corrected chi connectivity index (χ0v) is 11.1. The van der Waals surface area contributed by atoms with Gasteiger partial charge in [-0.25, -0.2) is 0 Å². The summed E-state index contributed by atoms with van der Waals surface area (Å²) in [5.41, 5.74) is 6.24. The quantitative estimate of drug-likeness (QED) is 0.685. The smallest absolute Gasteiger partial charge is 0.0474 e. The van der Waals surface area contributed by atoms with Crippen LogP contribution in [-0.2, 0) is 0 Å². The lowest BCUT2D eigenvalue weighted by atomic mass is 9.83. The molecule has 0 saturated heterocycles. The summed E-state index contributed by atoms with van der Waals surface area (Å²) >= 11 is 0. The summed E-state index contributed by atoms with van der Waals surface area (Å²) < 4.78 is 0. The Morgan fingerprint density at radius 1 is 1.29 bits per heavy atom. The highest BCUT2D eigenvalue weighted by molar-refractivity contribution is 5.02. The molecule has 0 spiro atoms. The van der Waals surface area contributed by atoms with Gasteiger partial charge in [0.2, 0.25) is 0 Å². The minimum Gasteiger partial charge on any atom is -0.396 e. The van der Waals surface area contributed by atoms with E-state index in [1.807, 2.05) is 0 Å². The molecule has 4 N–H and O–H groups in total. The van der Waals surface area contributed by atoms with E-state index in [1.54, 1.807) is 0 Å². The fraction of sp³-hybridized carbons (Fsp3) is 1.00. The van der Waals surface area contributed by atoms with E-state index in [9.17, 15) is 5.11 Å². The first-order valence-corrected chi connectivity index (χ1v) is 7.34. The highest BCUT2D eigenvalue weighted by Gasteiger charge is 2.43. The molecule has 0 aromatic heterocycles. The number of nitrogens with two attached hydrogens (primary N) is 1. The molecule has 4 unspecified atom stereocenters. The Labute approximate surface area is 105 Å². The maximum atomic E-state index is 9.42. The molecular weight excluding hydrogens is 212 g/mol. The second-order valence-electron chi connectivity index (χ2n) is 5.98. The molecule has 2 aliphatic rings. The Kier molecular flexibility index (Phi) is 4.45. The molecule has 0 heterocycles. The lowest BCUT2D eigenvalue weighted by Crippen LogP contribution is -2.58. The van der Waals surface area contributed by atoms with Gasteiger partial charge in [-0.2, -0.15) is 0 Å². The third kappa shape index (κ3) is 2.51. The van der Waals surface area contributed by atoms with Crippen LogP contribution in [0.2, 0.25) is 0 Å². The van der Waals surface area contributed by atoms with Gasteiger partial charge in [0, 0.05) is 24.7 Å². The van der Waals surface area contributed by atoms with Crippen LogP contribution in [0.25, 0.3) is 0 Å². The van der Waals surface area contributed by atoms with E-state index < -0.39 is 0 Å². The lowest BCUT2D eigenvalue weighted by molar-refractivity contribution is 0.158. The third-order valence-corrected chi connectivity index (χ3v) is 5.18. The SMILES string of the molecule is CCC1CCCC1(CN)NC1CCCC1CO. The molecule has 0 amide bonds. The van der Waals surface area contributed by atoms with Crippen molar-refractivity contribution in [3.05, 3.63) is 0 Å². The van der Waals surface area contributed by atoms with Gasteiger partial charge in [0.1, 0.15) is 0 Å². The fourth-order valence-electron chi connectivity index (χ4n) is 4.07. The van der Waals surface area contributed by atoms with Crippen molar-refractivity contribution in [2.24, 2.45) is 17.6 Å². The van der Waals surface area contributed by atoms with Gasteiger partial charge >= 0.3 is 0 Å². The summed E-state index contributed by atoms with van der Waals surface area (Å²) in [6.45, 7) is 3.36. The molecule has 17 heavy (non-hydrogen) atoms. The zero-order valence-electron chi connectivity index (χ0n) is 11.1. The number of nitrogens with one attached hydrogen (secondary N) is 1. The number of rotatable bonds is 5. The normalized spacial score (nSPS) is 42.2. The summed E-state index contributed by atoms with van der Waals surface area (Å²) in [7, 11) is 0. The van der Waals surface area contributed by atoms with E-state index in [1.165, 1.54) is 44.9 Å². The average Bonchev–Trinajstić information content (AvgIpc) is 2.96. The number of hydrogen-bond donors (Lipinski definition) is 3. The van der Waals surface area contributed by atoms with E-state index in [0.717, 1.165) is 12.5 Å². The monoisotopic (exact) mass is 240 g/mol. The molecule has 2 fully saturated rings. The molecular formula is C14H28N2O. The van der Waals surface area contributed by atoms with Crippen LogP contribution in [0.1, 0.15) is 51.9 Å². The maximum absolute atomic E-state index is 9.42. The van der Waals surface area contributed by atoms with Crippen molar-refractivity contribution < 1.29 is 5.11 Å². The largest absolute Gasteiger partial charge is 0.396 e. The Morgan fingerprint density at radius 3 is 2.76 bits per heavy atom. The van der Waals surface area contributed by atoms with Crippen LogP contribution in [0.4, 0.5) is 0 Å². The molecule has 100 valence electrons. The van der Waals surface area contributed by atoms with Gasteiger partial charge in [-0.1, -0.05) is 26.2 Å². The lowest BCUT2D eigenvalue weighted by Gasteiger charge is -2.39. The predicted molar refractivity (Wildman–Crippen MR) is 70.8 cm³/mol. The van der Waals surface area contributed by atoms with Crippen LogP contribution in [0.15, 0.2) is 0 Å². The van der Waals surface area contributed by atoms with Crippen molar-refractivity contribution in [2.45, 2.75) is 63.5 Å². The average molecular weight is 240 g/mol. The molecule has 0 aliphatic heterocycles. The second kappa shape index (κ2) is 5.68.